The Morgan fingerprint density at radius 2 is 1.59 bits per heavy atom. The summed E-state index contributed by atoms with van der Waals surface area (Å²) in [5.74, 6) is 4.33. The smallest absolute Gasteiger partial charge is 0.243 e. The van der Waals surface area contributed by atoms with Gasteiger partial charge in [0.1, 0.15) is 11.6 Å². The molecule has 3 aromatic carbocycles. The number of halogens is 2. The lowest BCUT2D eigenvalue weighted by Gasteiger charge is -2.09. The van der Waals surface area contributed by atoms with Gasteiger partial charge in [0, 0.05) is 22.9 Å². The predicted octanol–water partition coefficient (Wildman–Crippen LogP) is 4.42. The molecule has 5 heteroatoms. The van der Waals surface area contributed by atoms with Gasteiger partial charge in [-0.05, 0) is 42.5 Å². The van der Waals surface area contributed by atoms with Crippen LogP contribution in [0.1, 0.15) is 11.1 Å². The van der Waals surface area contributed by atoms with E-state index in [1.54, 1.807) is 6.07 Å². The molecule has 3 rings (SSSR count). The molecule has 0 heterocycles. The van der Waals surface area contributed by atoms with Crippen LogP contribution in [0.5, 0.6) is 0 Å². The third-order valence-corrected chi connectivity index (χ3v) is 3.64. The Hall–Kier alpha value is -3.65. The molecule has 0 unspecified atom stereocenters. The van der Waals surface area contributed by atoms with Crippen LogP contribution >= 0.6 is 0 Å². The molecule has 0 radical (unpaired) electrons. The summed E-state index contributed by atoms with van der Waals surface area (Å²) in [7, 11) is 0. The molecule has 0 aromatic heterocycles. The van der Waals surface area contributed by atoms with Gasteiger partial charge in [-0.1, -0.05) is 36.1 Å². The number of carbonyl (C=O) groups excluding carboxylic acids is 1. The Morgan fingerprint density at radius 1 is 0.852 bits per heavy atom. The molecule has 0 aliphatic carbocycles. The second kappa shape index (κ2) is 8.63. The van der Waals surface area contributed by atoms with Crippen LogP contribution in [0.4, 0.5) is 20.2 Å². The molecule has 0 spiro atoms. The minimum absolute atomic E-state index is 0.0917. The van der Waals surface area contributed by atoms with Gasteiger partial charge in [-0.15, -0.1) is 0 Å². The van der Waals surface area contributed by atoms with Gasteiger partial charge in [-0.3, -0.25) is 4.79 Å². The van der Waals surface area contributed by atoms with Crippen LogP contribution in [0.2, 0.25) is 0 Å². The molecule has 27 heavy (non-hydrogen) atoms. The van der Waals surface area contributed by atoms with E-state index in [-0.39, 0.29) is 12.2 Å². The van der Waals surface area contributed by atoms with Gasteiger partial charge < -0.3 is 10.6 Å². The Balaban J connectivity index is 1.61. The molecule has 0 atom stereocenters. The number of benzene rings is 3. The molecular formula is C22H16F2N2O. The van der Waals surface area contributed by atoms with Gasteiger partial charge in [0.05, 0.1) is 12.2 Å². The van der Waals surface area contributed by atoms with Crippen molar-refractivity contribution in [2.75, 3.05) is 17.2 Å². The molecule has 2 N–H and O–H groups in total. The Labute approximate surface area is 156 Å². The average Bonchev–Trinajstić information content (AvgIpc) is 2.69. The molecule has 0 aliphatic rings. The summed E-state index contributed by atoms with van der Waals surface area (Å²) < 4.78 is 26.7. The molecule has 0 aliphatic heterocycles. The van der Waals surface area contributed by atoms with E-state index in [0.29, 0.717) is 5.69 Å². The van der Waals surface area contributed by atoms with Gasteiger partial charge >= 0.3 is 0 Å². The van der Waals surface area contributed by atoms with E-state index in [1.807, 2.05) is 48.5 Å². The molecule has 3 nitrogen and oxygen atoms in total. The first-order valence-corrected chi connectivity index (χ1v) is 8.26. The Kier molecular flexibility index (Phi) is 5.80. The lowest BCUT2D eigenvalue weighted by atomic mass is 10.1. The summed E-state index contributed by atoms with van der Waals surface area (Å²) in [6, 6.07) is 19.8. The van der Waals surface area contributed by atoms with Crippen LogP contribution in [-0.4, -0.2) is 12.5 Å². The normalized spacial score (nSPS) is 9.85. The van der Waals surface area contributed by atoms with Crippen molar-refractivity contribution in [3.63, 3.8) is 0 Å². The second-order valence-electron chi connectivity index (χ2n) is 5.72. The van der Waals surface area contributed by atoms with E-state index < -0.39 is 17.5 Å². The number of anilines is 2. The largest absolute Gasteiger partial charge is 0.376 e. The van der Waals surface area contributed by atoms with Gasteiger partial charge in [0.15, 0.2) is 0 Å². The third-order valence-electron chi connectivity index (χ3n) is 3.64. The van der Waals surface area contributed by atoms with Gasteiger partial charge in [0.25, 0.3) is 0 Å². The maximum absolute atomic E-state index is 13.6. The molecule has 0 fully saturated rings. The average molecular weight is 362 g/mol. The van der Waals surface area contributed by atoms with Gasteiger partial charge in [0.2, 0.25) is 5.91 Å². The molecular weight excluding hydrogens is 346 g/mol. The highest BCUT2D eigenvalue weighted by molar-refractivity contribution is 5.93. The standard InChI is InChI=1S/C22H16F2N2O/c23-18-11-12-20(24)21(14-18)26-22(27)15-25-19-8-4-7-17(13-19)10-9-16-5-2-1-3-6-16/h1-8,11-14,25H,15H2,(H,26,27). The van der Waals surface area contributed by atoms with Crippen LogP contribution in [0, 0.1) is 23.5 Å². The number of amides is 1. The third kappa shape index (κ3) is 5.41. The lowest BCUT2D eigenvalue weighted by molar-refractivity contribution is -0.114. The van der Waals surface area contributed by atoms with E-state index in [1.165, 1.54) is 0 Å². The summed E-state index contributed by atoms with van der Waals surface area (Å²) in [4.78, 5) is 12.0. The van der Waals surface area contributed by atoms with Crippen LogP contribution in [0.15, 0.2) is 72.8 Å². The van der Waals surface area contributed by atoms with Crippen LogP contribution < -0.4 is 10.6 Å². The molecule has 0 bridgehead atoms. The van der Waals surface area contributed by atoms with Crippen molar-refractivity contribution in [3.8, 4) is 11.8 Å². The van der Waals surface area contributed by atoms with Crippen molar-refractivity contribution < 1.29 is 13.6 Å². The fourth-order valence-corrected chi connectivity index (χ4v) is 2.34. The van der Waals surface area contributed by atoms with Crippen molar-refractivity contribution >= 4 is 17.3 Å². The minimum Gasteiger partial charge on any atom is -0.376 e. The summed E-state index contributed by atoms with van der Waals surface area (Å²) in [5.41, 5.74) is 2.21. The first-order valence-electron chi connectivity index (χ1n) is 8.26. The monoisotopic (exact) mass is 362 g/mol. The molecule has 0 saturated carbocycles. The highest BCUT2D eigenvalue weighted by atomic mass is 19.1. The summed E-state index contributed by atoms with van der Waals surface area (Å²) >= 11 is 0. The maximum atomic E-state index is 13.6. The fraction of sp³-hybridized carbons (Fsp3) is 0.0455. The van der Waals surface area contributed by atoms with Crippen molar-refractivity contribution in [2.45, 2.75) is 0 Å². The van der Waals surface area contributed by atoms with Crippen molar-refractivity contribution in [3.05, 3.63) is 95.6 Å². The van der Waals surface area contributed by atoms with Gasteiger partial charge in [-0.25, -0.2) is 8.78 Å². The van der Waals surface area contributed by atoms with Gasteiger partial charge in [-0.2, -0.15) is 0 Å². The van der Waals surface area contributed by atoms with Crippen LogP contribution in [-0.2, 0) is 4.79 Å². The number of carbonyl (C=O) groups is 1. The second-order valence-corrected chi connectivity index (χ2v) is 5.72. The molecule has 134 valence electrons. The molecule has 0 saturated heterocycles. The van der Waals surface area contributed by atoms with Crippen LogP contribution in [0.3, 0.4) is 0 Å². The lowest BCUT2D eigenvalue weighted by Crippen LogP contribution is -2.22. The summed E-state index contributed by atoms with van der Waals surface area (Å²) in [6.07, 6.45) is 0. The SMILES string of the molecule is O=C(CNc1cccc(C#Cc2ccccc2)c1)Nc1cc(F)ccc1F. The maximum Gasteiger partial charge on any atom is 0.243 e. The van der Waals surface area contributed by atoms with E-state index in [4.69, 9.17) is 0 Å². The summed E-state index contributed by atoms with van der Waals surface area (Å²) in [5, 5.41) is 5.28. The van der Waals surface area contributed by atoms with E-state index in [2.05, 4.69) is 22.5 Å². The van der Waals surface area contributed by atoms with E-state index in [9.17, 15) is 13.6 Å². The minimum atomic E-state index is -0.692. The zero-order valence-corrected chi connectivity index (χ0v) is 14.3. The zero-order valence-electron chi connectivity index (χ0n) is 14.3. The number of rotatable bonds is 4. The zero-order chi connectivity index (χ0) is 19.1. The van der Waals surface area contributed by atoms with Crippen molar-refractivity contribution in [1.82, 2.24) is 0 Å². The Bertz CT molecular complexity index is 1010. The topological polar surface area (TPSA) is 41.1 Å². The molecule has 1 amide bonds. The Morgan fingerprint density at radius 3 is 2.41 bits per heavy atom. The number of nitrogens with one attached hydrogen (secondary N) is 2. The van der Waals surface area contributed by atoms with Crippen molar-refractivity contribution in [2.24, 2.45) is 0 Å². The highest BCUT2D eigenvalue weighted by Crippen LogP contribution is 2.15. The summed E-state index contributed by atoms with van der Waals surface area (Å²) in [6.45, 7) is -0.0917. The number of hydrogen-bond acceptors (Lipinski definition) is 2. The first kappa shape index (κ1) is 18.2. The highest BCUT2D eigenvalue weighted by Gasteiger charge is 2.08. The van der Waals surface area contributed by atoms with E-state index >= 15 is 0 Å². The quantitative estimate of drug-likeness (QED) is 0.675. The first-order chi connectivity index (χ1) is 13.1. The van der Waals surface area contributed by atoms with E-state index in [0.717, 1.165) is 29.3 Å². The number of hydrogen-bond donors (Lipinski definition) is 2. The van der Waals surface area contributed by atoms with Crippen LogP contribution in [0.25, 0.3) is 0 Å². The predicted molar refractivity (Wildman–Crippen MR) is 102 cm³/mol. The molecule has 3 aromatic rings. The van der Waals surface area contributed by atoms with Crippen molar-refractivity contribution in [1.29, 1.82) is 0 Å². The fourth-order valence-electron chi connectivity index (χ4n) is 2.34.